The normalized spacial score (nSPS) is 11.6. The Morgan fingerprint density at radius 1 is 0.682 bits per heavy atom. The highest BCUT2D eigenvalue weighted by molar-refractivity contribution is 7.27. The van der Waals surface area contributed by atoms with Crippen molar-refractivity contribution in [3.8, 4) is 34.5 Å². The number of benzene rings is 4. The van der Waals surface area contributed by atoms with Gasteiger partial charge in [0.05, 0.1) is 12.2 Å². The van der Waals surface area contributed by atoms with Gasteiger partial charge in [0.1, 0.15) is 34.5 Å². The molecule has 12 heteroatoms. The fourth-order valence-electron chi connectivity index (χ4n) is 4.19. The summed E-state index contributed by atoms with van der Waals surface area (Å²) in [5.41, 5.74) is -2.13. The standard InChI is InChI=1S/C32H24F8O2P2/c1-2-3-12-41-21-9-6-18(7-10-21)4-5-19-8-11-23(24(33)13-19)20-14-25(34)30(27(43)15-20)32(39,40)42-22-16-26(35)29(28(44)17-22)31(36,37)38/h6-11,13-17H,2-3,12,43-44H2,1H3. The molecule has 2 atom stereocenters. The maximum Gasteiger partial charge on any atom is 0.430 e. The molecule has 4 aromatic rings. The zero-order valence-electron chi connectivity index (χ0n) is 23.0. The van der Waals surface area contributed by atoms with Gasteiger partial charge in [0, 0.05) is 22.8 Å². The zero-order valence-corrected chi connectivity index (χ0v) is 25.3. The van der Waals surface area contributed by atoms with Gasteiger partial charge < -0.3 is 9.47 Å². The van der Waals surface area contributed by atoms with Crippen molar-refractivity contribution in [3.63, 3.8) is 0 Å². The number of alkyl halides is 5. The molecule has 44 heavy (non-hydrogen) atoms. The maximum atomic E-state index is 15.1. The molecule has 0 saturated carbocycles. The predicted octanol–water partition coefficient (Wildman–Crippen LogP) is 8.50. The van der Waals surface area contributed by atoms with E-state index < -0.39 is 57.2 Å². The van der Waals surface area contributed by atoms with Gasteiger partial charge in [-0.3, -0.25) is 0 Å². The van der Waals surface area contributed by atoms with Gasteiger partial charge in [-0.2, -0.15) is 22.0 Å². The molecule has 0 aromatic heterocycles. The summed E-state index contributed by atoms with van der Waals surface area (Å²) in [7, 11) is 3.49. The molecule has 4 rings (SSSR count). The van der Waals surface area contributed by atoms with E-state index in [0.717, 1.165) is 25.0 Å². The number of ether oxygens (including phenoxy) is 2. The molecule has 0 heterocycles. The fourth-order valence-corrected chi connectivity index (χ4v) is 5.14. The van der Waals surface area contributed by atoms with Crippen LogP contribution in [0, 0.1) is 29.3 Å². The number of halogens is 8. The molecule has 2 nitrogen and oxygen atoms in total. The Kier molecular flexibility index (Phi) is 10.2. The molecular formula is C32H24F8O2P2. The Morgan fingerprint density at radius 2 is 1.30 bits per heavy atom. The SMILES string of the molecule is CCCCOc1ccc(C#Cc2ccc(-c3cc(F)c(C(F)(F)Oc4cc(F)c(C(F)(F)F)c(P)c4)c(P)c3)c(F)c2)cc1. The van der Waals surface area contributed by atoms with Crippen molar-refractivity contribution in [1.82, 2.24) is 0 Å². The van der Waals surface area contributed by atoms with Crippen LogP contribution in [0.5, 0.6) is 11.5 Å². The first-order valence-corrected chi connectivity index (χ1v) is 14.2. The average Bonchev–Trinajstić information content (AvgIpc) is 2.90. The minimum Gasteiger partial charge on any atom is -0.494 e. The summed E-state index contributed by atoms with van der Waals surface area (Å²) in [4.78, 5) is 0. The minimum atomic E-state index is -5.08. The van der Waals surface area contributed by atoms with Gasteiger partial charge >= 0.3 is 12.3 Å². The van der Waals surface area contributed by atoms with Crippen LogP contribution < -0.4 is 20.1 Å². The van der Waals surface area contributed by atoms with Crippen LogP contribution in [0.4, 0.5) is 35.1 Å². The van der Waals surface area contributed by atoms with Crippen LogP contribution in [-0.2, 0) is 12.3 Å². The third-order valence-electron chi connectivity index (χ3n) is 6.29. The Balaban J connectivity index is 1.54. The van der Waals surface area contributed by atoms with Crippen LogP contribution in [0.25, 0.3) is 11.1 Å². The van der Waals surface area contributed by atoms with E-state index in [-0.39, 0.29) is 17.2 Å². The van der Waals surface area contributed by atoms with Crippen molar-refractivity contribution in [2.45, 2.75) is 32.1 Å². The van der Waals surface area contributed by atoms with Crippen LogP contribution in [0.3, 0.4) is 0 Å². The lowest BCUT2D eigenvalue weighted by atomic mass is 10.0. The van der Waals surface area contributed by atoms with Crippen molar-refractivity contribution in [2.75, 3.05) is 6.61 Å². The molecule has 0 bridgehead atoms. The maximum absolute atomic E-state index is 15.1. The molecule has 0 aliphatic carbocycles. The van der Waals surface area contributed by atoms with Crippen molar-refractivity contribution in [2.24, 2.45) is 0 Å². The molecule has 4 aromatic carbocycles. The van der Waals surface area contributed by atoms with E-state index in [0.29, 0.717) is 35.6 Å². The molecule has 0 saturated heterocycles. The topological polar surface area (TPSA) is 18.5 Å². The van der Waals surface area contributed by atoms with Gasteiger partial charge in [-0.1, -0.05) is 31.3 Å². The van der Waals surface area contributed by atoms with E-state index in [1.807, 2.05) is 9.24 Å². The monoisotopic (exact) mass is 654 g/mol. The van der Waals surface area contributed by atoms with E-state index in [4.69, 9.17) is 4.74 Å². The number of hydrogen-bond donors (Lipinski definition) is 0. The van der Waals surface area contributed by atoms with Crippen molar-refractivity contribution < 1.29 is 44.6 Å². The van der Waals surface area contributed by atoms with E-state index >= 15 is 17.6 Å². The van der Waals surface area contributed by atoms with Gasteiger partial charge in [0.25, 0.3) is 0 Å². The van der Waals surface area contributed by atoms with E-state index in [9.17, 15) is 17.6 Å². The Morgan fingerprint density at radius 3 is 1.89 bits per heavy atom. The largest absolute Gasteiger partial charge is 0.494 e. The summed E-state index contributed by atoms with van der Waals surface area (Å²) in [5.74, 6) is 1.37. The molecule has 230 valence electrons. The van der Waals surface area contributed by atoms with Gasteiger partial charge in [0.15, 0.2) is 0 Å². The average molecular weight is 654 g/mol. The van der Waals surface area contributed by atoms with Crippen LogP contribution in [-0.4, -0.2) is 6.61 Å². The first-order valence-electron chi connectivity index (χ1n) is 13.1. The van der Waals surface area contributed by atoms with E-state index in [1.54, 1.807) is 33.5 Å². The van der Waals surface area contributed by atoms with Crippen LogP contribution >= 0.6 is 18.5 Å². The fraction of sp³-hybridized carbons (Fsp3) is 0.188. The lowest BCUT2D eigenvalue weighted by molar-refractivity contribution is -0.186. The van der Waals surface area contributed by atoms with Crippen molar-refractivity contribution >= 4 is 29.1 Å². The van der Waals surface area contributed by atoms with E-state index in [1.165, 1.54) is 12.1 Å². The summed E-state index contributed by atoms with van der Waals surface area (Å²) in [6, 6.07) is 13.4. The third-order valence-corrected chi connectivity index (χ3v) is 7.20. The number of unbranched alkanes of at least 4 members (excludes halogenated alkanes) is 1. The first kappa shape index (κ1) is 33.2. The number of hydrogen-bond acceptors (Lipinski definition) is 2. The summed E-state index contributed by atoms with van der Waals surface area (Å²) in [6.07, 6.45) is -7.56. The van der Waals surface area contributed by atoms with Gasteiger partial charge in [-0.05, 0) is 77.2 Å². The molecule has 0 fully saturated rings. The quantitative estimate of drug-likeness (QED) is 0.0822. The second-order valence-corrected chi connectivity index (χ2v) is 10.8. The summed E-state index contributed by atoms with van der Waals surface area (Å²) >= 11 is 0. The molecule has 0 radical (unpaired) electrons. The molecule has 0 aliphatic heterocycles. The molecular weight excluding hydrogens is 630 g/mol. The highest BCUT2D eigenvalue weighted by Crippen LogP contribution is 2.38. The van der Waals surface area contributed by atoms with Crippen LogP contribution in [0.2, 0.25) is 0 Å². The van der Waals surface area contributed by atoms with E-state index in [2.05, 4.69) is 23.5 Å². The summed E-state index contributed by atoms with van der Waals surface area (Å²) < 4.78 is 123. The molecule has 0 spiro atoms. The van der Waals surface area contributed by atoms with Crippen LogP contribution in [0.15, 0.2) is 66.7 Å². The molecule has 0 aliphatic rings. The first-order chi connectivity index (χ1) is 20.7. The lowest BCUT2D eigenvalue weighted by Crippen LogP contribution is -2.29. The summed E-state index contributed by atoms with van der Waals surface area (Å²) in [5, 5.41) is -1.20. The second-order valence-electron chi connectivity index (χ2n) is 9.58. The highest BCUT2D eigenvalue weighted by Gasteiger charge is 2.41. The lowest BCUT2D eigenvalue weighted by Gasteiger charge is -2.22. The molecule has 0 N–H and O–H groups in total. The van der Waals surface area contributed by atoms with Crippen molar-refractivity contribution in [1.29, 1.82) is 0 Å². The smallest absolute Gasteiger partial charge is 0.430 e. The van der Waals surface area contributed by atoms with Gasteiger partial charge in [-0.15, -0.1) is 18.5 Å². The van der Waals surface area contributed by atoms with Crippen molar-refractivity contribution in [3.05, 3.63) is 106 Å². The Labute approximate surface area is 253 Å². The predicted molar refractivity (Wildman–Crippen MR) is 159 cm³/mol. The minimum absolute atomic E-state index is 0.0736. The number of rotatable bonds is 8. The second kappa shape index (κ2) is 13.5. The Bertz CT molecular complexity index is 1680. The Hall–Kier alpha value is -3.66. The third kappa shape index (κ3) is 7.88. The molecule has 0 amide bonds. The van der Waals surface area contributed by atoms with Gasteiger partial charge in [-0.25, -0.2) is 13.2 Å². The van der Waals surface area contributed by atoms with Crippen LogP contribution in [0.1, 0.15) is 42.0 Å². The summed E-state index contributed by atoms with van der Waals surface area (Å²) in [6.45, 7) is 2.67. The van der Waals surface area contributed by atoms with Gasteiger partial charge in [0.2, 0.25) is 0 Å². The molecule has 2 unspecified atom stereocenters. The zero-order chi connectivity index (χ0) is 32.2. The highest BCUT2D eigenvalue weighted by atomic mass is 31.0.